The number of hydrogen-bond donors (Lipinski definition) is 3. The second-order valence-corrected chi connectivity index (χ2v) is 11.6. The summed E-state index contributed by atoms with van der Waals surface area (Å²) in [6.07, 6.45) is 10.9. The fourth-order valence-electron chi connectivity index (χ4n) is 4.56. The number of fused-ring (bicyclic) bond motifs is 1. The number of thiophene rings is 1. The molecule has 0 atom stereocenters. The van der Waals surface area contributed by atoms with Crippen LogP contribution in [0.5, 0.6) is 0 Å². The lowest BCUT2D eigenvalue weighted by molar-refractivity contribution is 0.0523. The van der Waals surface area contributed by atoms with Crippen molar-refractivity contribution < 1.29 is 9.53 Å². The molecule has 5 heterocycles. The van der Waals surface area contributed by atoms with Gasteiger partial charge in [-0.05, 0) is 62.0 Å². The Hall–Kier alpha value is -4.68. The molecule has 0 bridgehead atoms. The van der Waals surface area contributed by atoms with Crippen LogP contribution in [-0.4, -0.2) is 54.2 Å². The Bertz CT molecular complexity index is 1710. The number of amides is 1. The summed E-state index contributed by atoms with van der Waals surface area (Å²) in [4.78, 5) is 27.2. The maximum absolute atomic E-state index is 12.3. The number of hydrazine groups is 1. The molecule has 0 unspecified atom stereocenters. The van der Waals surface area contributed by atoms with Gasteiger partial charge in [0.25, 0.3) is 0 Å². The number of hydrogen-bond acceptors (Lipinski definition) is 9. The minimum Gasteiger partial charge on any atom is -0.444 e. The molecule has 1 aromatic carbocycles. The Morgan fingerprint density at radius 2 is 2.02 bits per heavy atom. The predicted octanol–water partition coefficient (Wildman–Crippen LogP) is 5.20. The highest BCUT2D eigenvalue weighted by atomic mass is 32.1. The molecule has 3 N–H and O–H groups in total. The van der Waals surface area contributed by atoms with E-state index < -0.39 is 11.7 Å². The first-order valence-corrected chi connectivity index (χ1v) is 14.1. The van der Waals surface area contributed by atoms with Crippen molar-refractivity contribution in [2.45, 2.75) is 32.9 Å². The normalized spacial score (nSPS) is 13.5. The van der Waals surface area contributed by atoms with E-state index in [1.807, 2.05) is 91.7 Å². The number of imidazole rings is 2. The van der Waals surface area contributed by atoms with Gasteiger partial charge in [0.15, 0.2) is 11.5 Å². The number of aromatic nitrogens is 5. The minimum absolute atomic E-state index is 0.322. The summed E-state index contributed by atoms with van der Waals surface area (Å²) >= 11 is 1.57. The lowest BCUT2D eigenvalue weighted by atomic mass is 10.2. The number of anilines is 2. The van der Waals surface area contributed by atoms with Gasteiger partial charge in [-0.15, -0.1) is 11.3 Å². The van der Waals surface area contributed by atoms with Crippen molar-refractivity contribution in [3.8, 4) is 16.3 Å². The van der Waals surface area contributed by atoms with Crippen molar-refractivity contribution in [2.24, 2.45) is 0 Å². The molecule has 0 aliphatic carbocycles. The molecule has 0 fully saturated rings. The molecule has 12 heteroatoms. The zero-order valence-corrected chi connectivity index (χ0v) is 24.1. The first kappa shape index (κ1) is 26.5. The van der Waals surface area contributed by atoms with Crippen molar-refractivity contribution in [3.63, 3.8) is 0 Å². The Morgan fingerprint density at radius 1 is 1.20 bits per heavy atom. The molecule has 41 heavy (non-hydrogen) atoms. The van der Waals surface area contributed by atoms with E-state index in [1.54, 1.807) is 23.9 Å². The van der Waals surface area contributed by atoms with E-state index in [2.05, 4.69) is 31.6 Å². The van der Waals surface area contributed by atoms with Crippen LogP contribution >= 0.6 is 11.3 Å². The molecule has 0 radical (unpaired) electrons. The second kappa shape index (κ2) is 10.7. The van der Waals surface area contributed by atoms with Gasteiger partial charge in [-0.1, -0.05) is 0 Å². The van der Waals surface area contributed by atoms with Crippen LogP contribution in [0.3, 0.4) is 0 Å². The van der Waals surface area contributed by atoms with Crippen LogP contribution in [0.1, 0.15) is 32.0 Å². The van der Waals surface area contributed by atoms with E-state index in [0.29, 0.717) is 24.6 Å². The average Bonchev–Trinajstić information content (AvgIpc) is 3.74. The summed E-state index contributed by atoms with van der Waals surface area (Å²) in [7, 11) is 1.97. The van der Waals surface area contributed by atoms with Gasteiger partial charge < -0.3 is 24.9 Å². The predicted molar refractivity (Wildman–Crippen MR) is 160 cm³/mol. The van der Waals surface area contributed by atoms with Gasteiger partial charge in [0.2, 0.25) is 0 Å². The van der Waals surface area contributed by atoms with Crippen LogP contribution in [-0.2, 0) is 11.3 Å². The lowest BCUT2D eigenvalue weighted by Crippen LogP contribution is -2.32. The topological polar surface area (TPSA) is 114 Å². The molecule has 0 spiro atoms. The summed E-state index contributed by atoms with van der Waals surface area (Å²) in [6, 6.07) is 10.0. The molecule has 6 rings (SSSR count). The molecule has 11 nitrogen and oxygen atoms in total. The lowest BCUT2D eigenvalue weighted by Gasteiger charge is -2.19. The Balaban J connectivity index is 1.36. The maximum Gasteiger partial charge on any atom is 0.407 e. The quantitative estimate of drug-likeness (QED) is 0.245. The van der Waals surface area contributed by atoms with Gasteiger partial charge in [-0.25, -0.2) is 25.2 Å². The standard InChI is InChI=1S/C29H31N9O2S/c1-29(2,3)40-28(39)32-13-19-9-12-41-25(19)23-17-38-24(20-14-33-36(4)16-20)15-31-27(38)26(35-23)34-21-5-7-22(8-6-21)37-11-10-30-18-37/h5-12,15-18,33H,13-14H2,1-4H3,(H,32,39)(H,34,35). The van der Waals surface area contributed by atoms with Crippen LogP contribution in [0, 0.1) is 0 Å². The largest absolute Gasteiger partial charge is 0.444 e. The van der Waals surface area contributed by atoms with Gasteiger partial charge in [0.05, 0.1) is 28.8 Å². The highest BCUT2D eigenvalue weighted by Gasteiger charge is 2.21. The van der Waals surface area contributed by atoms with Gasteiger partial charge in [-0.2, -0.15) is 0 Å². The number of rotatable bonds is 7. The van der Waals surface area contributed by atoms with Gasteiger partial charge in [0, 0.05) is 61.9 Å². The van der Waals surface area contributed by atoms with Crippen molar-refractivity contribution in [1.82, 2.24) is 39.7 Å². The van der Waals surface area contributed by atoms with E-state index in [0.717, 1.165) is 38.8 Å². The third-order valence-electron chi connectivity index (χ3n) is 6.42. The highest BCUT2D eigenvalue weighted by Crippen LogP contribution is 2.33. The summed E-state index contributed by atoms with van der Waals surface area (Å²) < 4.78 is 9.44. The highest BCUT2D eigenvalue weighted by molar-refractivity contribution is 7.13. The van der Waals surface area contributed by atoms with Crippen molar-refractivity contribution in [2.75, 3.05) is 18.9 Å². The van der Waals surface area contributed by atoms with Gasteiger partial charge in [-0.3, -0.25) is 4.40 Å². The van der Waals surface area contributed by atoms with E-state index in [-0.39, 0.29) is 0 Å². The van der Waals surface area contributed by atoms with E-state index in [9.17, 15) is 4.79 Å². The van der Waals surface area contributed by atoms with Crippen LogP contribution < -0.4 is 16.1 Å². The molecule has 0 saturated heterocycles. The van der Waals surface area contributed by atoms with Gasteiger partial charge in [0.1, 0.15) is 5.60 Å². The fourth-order valence-corrected chi connectivity index (χ4v) is 5.44. The van der Waals surface area contributed by atoms with Crippen molar-refractivity contribution >= 4 is 40.2 Å². The third-order valence-corrected chi connectivity index (χ3v) is 7.40. The monoisotopic (exact) mass is 569 g/mol. The third kappa shape index (κ3) is 5.79. The molecule has 0 saturated carbocycles. The van der Waals surface area contributed by atoms with Crippen molar-refractivity contribution in [3.05, 3.63) is 84.3 Å². The number of nitrogens with one attached hydrogen (secondary N) is 3. The summed E-state index contributed by atoms with van der Waals surface area (Å²) in [5, 5.41) is 10.3. The molecule has 5 aromatic rings. The van der Waals surface area contributed by atoms with E-state index in [1.165, 1.54) is 0 Å². The first-order chi connectivity index (χ1) is 19.7. The number of benzene rings is 1. The van der Waals surface area contributed by atoms with Crippen LogP contribution in [0.4, 0.5) is 16.3 Å². The number of alkyl carbamates (subject to hydrolysis) is 1. The second-order valence-electron chi connectivity index (χ2n) is 10.7. The molecule has 4 aromatic heterocycles. The zero-order valence-electron chi connectivity index (χ0n) is 23.3. The van der Waals surface area contributed by atoms with E-state index in [4.69, 9.17) is 14.7 Å². The van der Waals surface area contributed by atoms with Crippen molar-refractivity contribution in [1.29, 1.82) is 0 Å². The Labute approximate surface area is 241 Å². The Kier molecular flexibility index (Phi) is 6.93. The molecular weight excluding hydrogens is 538 g/mol. The zero-order chi connectivity index (χ0) is 28.6. The number of ether oxygens (including phenoxy) is 1. The average molecular weight is 570 g/mol. The maximum atomic E-state index is 12.3. The van der Waals surface area contributed by atoms with E-state index >= 15 is 0 Å². The number of nitrogens with zero attached hydrogens (tertiary/aromatic N) is 6. The smallest absolute Gasteiger partial charge is 0.407 e. The Morgan fingerprint density at radius 3 is 2.73 bits per heavy atom. The summed E-state index contributed by atoms with van der Waals surface area (Å²) in [5.74, 6) is 0.628. The molecule has 210 valence electrons. The fraction of sp³-hybridized carbons (Fsp3) is 0.241. The number of carbonyl (C=O) groups excluding carboxylic acids is 1. The SMILES string of the molecule is CN1C=C(c2cnc3c(Nc4ccc(-n5ccnc5)cc4)nc(-c4sccc4CNC(=O)OC(C)(C)C)cn23)CN1. The van der Waals surface area contributed by atoms with Crippen LogP contribution in [0.15, 0.2) is 73.0 Å². The molecule has 1 amide bonds. The minimum atomic E-state index is -0.568. The molecular formula is C29H31N9O2S. The molecule has 1 aliphatic heterocycles. The van der Waals surface area contributed by atoms with Crippen LogP contribution in [0.2, 0.25) is 0 Å². The van der Waals surface area contributed by atoms with Gasteiger partial charge >= 0.3 is 6.09 Å². The summed E-state index contributed by atoms with van der Waals surface area (Å²) in [6.45, 7) is 6.55. The summed E-state index contributed by atoms with van der Waals surface area (Å²) in [5.41, 5.74) is 9.14. The van der Waals surface area contributed by atoms with Crippen LogP contribution in [0.25, 0.3) is 27.5 Å². The first-order valence-electron chi connectivity index (χ1n) is 13.2. The number of carbonyl (C=O) groups is 1. The molecule has 1 aliphatic rings.